The monoisotopic (exact) mass is 280 g/mol. The number of rotatable bonds is 4. The highest BCUT2D eigenvalue weighted by Gasteiger charge is 2.07. The van der Waals surface area contributed by atoms with Gasteiger partial charge in [0, 0.05) is 16.6 Å². The minimum Gasteiger partial charge on any atom is -0.480 e. The first kappa shape index (κ1) is 13.9. The highest BCUT2D eigenvalue weighted by Crippen LogP contribution is 2.26. The smallest absolute Gasteiger partial charge is 0.148 e. The second-order valence-electron chi connectivity index (χ2n) is 3.99. The van der Waals surface area contributed by atoms with Crippen LogP contribution in [-0.4, -0.2) is 11.6 Å². The Morgan fingerprint density at radius 3 is 2.95 bits per heavy atom. The van der Waals surface area contributed by atoms with Crippen molar-refractivity contribution in [3.05, 3.63) is 45.9 Å². The molecule has 0 fully saturated rings. The predicted molar refractivity (Wildman–Crippen MR) is 81.1 cm³/mol. The Balaban J connectivity index is 2.38. The molecular formula is C16H12N2OS. The number of benzene rings is 1. The summed E-state index contributed by atoms with van der Waals surface area (Å²) in [7, 11) is 0. The third-order valence-electron chi connectivity index (χ3n) is 2.50. The molecule has 0 saturated heterocycles. The van der Waals surface area contributed by atoms with Crippen LogP contribution in [0.3, 0.4) is 0 Å². The summed E-state index contributed by atoms with van der Waals surface area (Å²) in [5, 5.41) is 11.9. The van der Waals surface area contributed by atoms with Crippen LogP contribution in [0.25, 0.3) is 11.6 Å². The summed E-state index contributed by atoms with van der Waals surface area (Å²) in [6.07, 6.45) is 6.96. The molecule has 0 N–H and O–H groups in total. The van der Waals surface area contributed by atoms with Gasteiger partial charge in [-0.05, 0) is 19.1 Å². The van der Waals surface area contributed by atoms with Crippen molar-refractivity contribution >= 4 is 23.0 Å². The molecule has 0 bridgehead atoms. The van der Waals surface area contributed by atoms with E-state index in [0.717, 1.165) is 11.3 Å². The maximum absolute atomic E-state index is 9.29. The average Bonchev–Trinajstić information content (AvgIpc) is 2.90. The molecule has 0 radical (unpaired) electrons. The molecule has 4 heteroatoms. The quantitative estimate of drug-likeness (QED) is 0.636. The SMILES string of the molecule is C#CCOc1ccccc1C=C(C#N)c1nc(C)cs1. The van der Waals surface area contributed by atoms with Crippen molar-refractivity contribution in [2.75, 3.05) is 6.61 Å². The standard InChI is InChI=1S/C16H12N2OS/c1-3-8-19-15-7-5-4-6-13(15)9-14(10-17)16-18-12(2)11-20-16/h1,4-7,9,11H,8H2,2H3. The second kappa shape index (κ2) is 6.56. The molecule has 0 saturated carbocycles. The van der Waals surface area contributed by atoms with E-state index in [-0.39, 0.29) is 6.61 Å². The molecule has 0 unspecified atom stereocenters. The summed E-state index contributed by atoms with van der Waals surface area (Å²) >= 11 is 1.45. The third-order valence-corrected chi connectivity index (χ3v) is 3.49. The van der Waals surface area contributed by atoms with Gasteiger partial charge in [0.25, 0.3) is 0 Å². The number of ether oxygens (including phenoxy) is 1. The van der Waals surface area contributed by atoms with Gasteiger partial charge in [-0.3, -0.25) is 0 Å². The average molecular weight is 280 g/mol. The third kappa shape index (κ3) is 3.26. The molecule has 2 aromatic rings. The molecule has 0 spiro atoms. The molecule has 0 amide bonds. The fourth-order valence-corrected chi connectivity index (χ4v) is 2.39. The van der Waals surface area contributed by atoms with E-state index in [1.165, 1.54) is 11.3 Å². The van der Waals surface area contributed by atoms with Gasteiger partial charge in [-0.1, -0.05) is 24.1 Å². The van der Waals surface area contributed by atoms with Gasteiger partial charge in [-0.25, -0.2) is 4.98 Å². The van der Waals surface area contributed by atoms with E-state index in [1.807, 2.05) is 36.6 Å². The first-order valence-electron chi connectivity index (χ1n) is 5.94. The van der Waals surface area contributed by atoms with E-state index in [0.29, 0.717) is 16.3 Å². The molecular weight excluding hydrogens is 268 g/mol. The first-order chi connectivity index (χ1) is 9.74. The Morgan fingerprint density at radius 1 is 1.50 bits per heavy atom. The topological polar surface area (TPSA) is 45.9 Å². The van der Waals surface area contributed by atoms with Gasteiger partial charge in [-0.2, -0.15) is 5.26 Å². The normalized spacial score (nSPS) is 10.7. The summed E-state index contributed by atoms with van der Waals surface area (Å²) in [4.78, 5) is 4.32. The second-order valence-corrected chi connectivity index (χ2v) is 4.85. The predicted octanol–water partition coefficient (Wildman–Crippen LogP) is 3.53. The van der Waals surface area contributed by atoms with Crippen molar-refractivity contribution in [3.63, 3.8) is 0 Å². The largest absolute Gasteiger partial charge is 0.480 e. The summed E-state index contributed by atoms with van der Waals surface area (Å²) in [5.74, 6) is 3.09. The van der Waals surface area contributed by atoms with Crippen molar-refractivity contribution in [2.45, 2.75) is 6.92 Å². The number of terminal acetylenes is 1. The molecule has 0 atom stereocenters. The van der Waals surface area contributed by atoms with E-state index in [2.05, 4.69) is 17.0 Å². The van der Waals surface area contributed by atoms with Crippen LogP contribution in [0.2, 0.25) is 0 Å². The van der Waals surface area contributed by atoms with Crippen molar-refractivity contribution in [1.82, 2.24) is 4.98 Å². The van der Waals surface area contributed by atoms with Crippen LogP contribution in [-0.2, 0) is 0 Å². The van der Waals surface area contributed by atoms with Crippen LogP contribution in [0, 0.1) is 30.6 Å². The lowest BCUT2D eigenvalue weighted by molar-refractivity contribution is 0.369. The lowest BCUT2D eigenvalue weighted by Gasteiger charge is -2.06. The number of nitriles is 1. The summed E-state index contributed by atoms with van der Waals surface area (Å²) in [5.41, 5.74) is 2.23. The van der Waals surface area contributed by atoms with Gasteiger partial charge in [0.1, 0.15) is 23.4 Å². The van der Waals surface area contributed by atoms with Crippen LogP contribution in [0.5, 0.6) is 5.75 Å². The molecule has 3 nitrogen and oxygen atoms in total. The number of allylic oxidation sites excluding steroid dienone is 1. The van der Waals surface area contributed by atoms with Gasteiger partial charge >= 0.3 is 0 Å². The molecule has 0 aliphatic rings. The minimum absolute atomic E-state index is 0.198. The maximum atomic E-state index is 9.29. The number of hydrogen-bond donors (Lipinski definition) is 0. The summed E-state index contributed by atoms with van der Waals surface area (Å²) in [6, 6.07) is 9.63. The maximum Gasteiger partial charge on any atom is 0.148 e. The Hall–Kier alpha value is -2.56. The van der Waals surface area contributed by atoms with E-state index in [1.54, 1.807) is 6.08 Å². The van der Waals surface area contributed by atoms with Gasteiger partial charge in [0.05, 0.1) is 5.57 Å². The van der Waals surface area contributed by atoms with Gasteiger partial charge in [0.15, 0.2) is 0 Å². The number of thiazole rings is 1. The Bertz CT molecular complexity index is 717. The Labute approximate surface area is 122 Å². The minimum atomic E-state index is 0.198. The summed E-state index contributed by atoms with van der Waals surface area (Å²) in [6.45, 7) is 2.10. The van der Waals surface area contributed by atoms with Crippen LogP contribution in [0.15, 0.2) is 29.6 Å². The zero-order chi connectivity index (χ0) is 14.4. The van der Waals surface area contributed by atoms with E-state index in [9.17, 15) is 5.26 Å². The van der Waals surface area contributed by atoms with Gasteiger partial charge < -0.3 is 4.74 Å². The zero-order valence-corrected chi connectivity index (χ0v) is 11.8. The fraction of sp³-hybridized carbons (Fsp3) is 0.125. The lowest BCUT2D eigenvalue weighted by atomic mass is 10.1. The number of para-hydroxylation sites is 1. The molecule has 0 aliphatic carbocycles. The van der Waals surface area contributed by atoms with Crippen molar-refractivity contribution in [3.8, 4) is 24.2 Å². The summed E-state index contributed by atoms with van der Waals surface area (Å²) < 4.78 is 5.47. The van der Waals surface area contributed by atoms with E-state index < -0.39 is 0 Å². The molecule has 0 aliphatic heterocycles. The number of aryl methyl sites for hydroxylation is 1. The van der Waals surface area contributed by atoms with Crippen LogP contribution in [0.1, 0.15) is 16.3 Å². The first-order valence-corrected chi connectivity index (χ1v) is 6.82. The number of aromatic nitrogens is 1. The Kier molecular flexibility index (Phi) is 4.55. The van der Waals surface area contributed by atoms with Gasteiger partial charge in [-0.15, -0.1) is 17.8 Å². The zero-order valence-electron chi connectivity index (χ0n) is 11.0. The lowest BCUT2D eigenvalue weighted by Crippen LogP contribution is -1.95. The van der Waals surface area contributed by atoms with Crippen LogP contribution in [0.4, 0.5) is 0 Å². The van der Waals surface area contributed by atoms with E-state index in [4.69, 9.17) is 11.2 Å². The van der Waals surface area contributed by atoms with Crippen LogP contribution < -0.4 is 4.74 Å². The molecule has 1 aromatic heterocycles. The number of hydrogen-bond acceptors (Lipinski definition) is 4. The molecule has 20 heavy (non-hydrogen) atoms. The van der Waals surface area contributed by atoms with Crippen molar-refractivity contribution in [2.24, 2.45) is 0 Å². The molecule has 98 valence electrons. The molecule has 1 heterocycles. The molecule has 1 aromatic carbocycles. The highest BCUT2D eigenvalue weighted by atomic mass is 32.1. The van der Waals surface area contributed by atoms with Gasteiger partial charge in [0.2, 0.25) is 0 Å². The van der Waals surface area contributed by atoms with E-state index >= 15 is 0 Å². The molecule has 2 rings (SSSR count). The fourth-order valence-electron chi connectivity index (χ4n) is 1.63. The van der Waals surface area contributed by atoms with Crippen molar-refractivity contribution in [1.29, 1.82) is 5.26 Å². The Morgan fingerprint density at radius 2 is 2.30 bits per heavy atom. The van der Waals surface area contributed by atoms with Crippen LogP contribution >= 0.6 is 11.3 Å². The van der Waals surface area contributed by atoms with Crippen molar-refractivity contribution < 1.29 is 4.74 Å². The highest BCUT2D eigenvalue weighted by molar-refractivity contribution is 7.11. The number of nitrogens with zero attached hydrogens (tertiary/aromatic N) is 2.